The number of nitrogens with zero attached hydrogens (tertiary/aromatic N) is 1. The Balaban J connectivity index is 1.88. The second kappa shape index (κ2) is 8.39. The van der Waals surface area contributed by atoms with Crippen molar-refractivity contribution >= 4 is 5.97 Å². The molecule has 3 unspecified atom stereocenters. The average Bonchev–Trinajstić information content (AvgIpc) is 2.69. The van der Waals surface area contributed by atoms with Gasteiger partial charge < -0.3 is 14.2 Å². The van der Waals surface area contributed by atoms with Crippen molar-refractivity contribution in [3.05, 3.63) is 48.3 Å². The Morgan fingerprint density at radius 3 is 2.84 bits per heavy atom. The molecule has 0 aromatic rings. The van der Waals surface area contributed by atoms with Gasteiger partial charge in [0.15, 0.2) is 5.76 Å². The summed E-state index contributed by atoms with van der Waals surface area (Å²) in [5.41, 5.74) is 1.28. The Hall–Kier alpha value is -2.01. The van der Waals surface area contributed by atoms with Crippen molar-refractivity contribution in [2.45, 2.75) is 50.6 Å². The minimum Gasteiger partial charge on any atom is -0.469 e. The molecule has 0 bridgehead atoms. The normalized spacial score (nSPS) is 27.0. The molecule has 5 nitrogen and oxygen atoms in total. The van der Waals surface area contributed by atoms with E-state index in [0.717, 1.165) is 44.3 Å². The van der Waals surface area contributed by atoms with Crippen molar-refractivity contribution in [2.24, 2.45) is 5.92 Å². The highest BCUT2D eigenvalue weighted by molar-refractivity contribution is 5.73. The van der Waals surface area contributed by atoms with Gasteiger partial charge in [0.2, 0.25) is 0 Å². The molecule has 3 rings (SSSR count). The van der Waals surface area contributed by atoms with Crippen LogP contribution >= 0.6 is 0 Å². The number of hydrogen-bond acceptors (Lipinski definition) is 5. The van der Waals surface area contributed by atoms with E-state index in [1.807, 2.05) is 0 Å². The predicted octanol–water partition coefficient (Wildman–Crippen LogP) is 3.65. The maximum Gasteiger partial charge on any atom is 0.310 e. The van der Waals surface area contributed by atoms with Crippen LogP contribution in [0.15, 0.2) is 48.3 Å². The van der Waals surface area contributed by atoms with Crippen molar-refractivity contribution < 1.29 is 19.0 Å². The molecule has 5 heteroatoms. The number of rotatable bonds is 5. The third kappa shape index (κ3) is 3.98. The maximum atomic E-state index is 12.3. The third-order valence-corrected chi connectivity index (χ3v) is 5.35. The zero-order valence-electron chi connectivity index (χ0n) is 15.0. The quantitative estimate of drug-likeness (QED) is 0.712. The van der Waals surface area contributed by atoms with Crippen LogP contribution in [0.5, 0.6) is 0 Å². The topological polar surface area (TPSA) is 48.0 Å². The van der Waals surface area contributed by atoms with Crippen LogP contribution in [0, 0.1) is 5.92 Å². The van der Waals surface area contributed by atoms with Crippen molar-refractivity contribution in [1.29, 1.82) is 0 Å². The molecule has 136 valence electrons. The second-order valence-electron chi connectivity index (χ2n) is 6.80. The molecule has 0 aromatic heterocycles. The highest BCUT2D eigenvalue weighted by atomic mass is 16.5. The van der Waals surface area contributed by atoms with Gasteiger partial charge in [0.1, 0.15) is 18.8 Å². The fourth-order valence-corrected chi connectivity index (χ4v) is 4.11. The van der Waals surface area contributed by atoms with E-state index in [1.54, 1.807) is 12.5 Å². The van der Waals surface area contributed by atoms with Crippen LogP contribution in [0.1, 0.15) is 38.5 Å². The van der Waals surface area contributed by atoms with E-state index in [1.165, 1.54) is 18.9 Å². The van der Waals surface area contributed by atoms with Crippen LogP contribution in [0.2, 0.25) is 0 Å². The molecule has 1 aliphatic heterocycles. The van der Waals surface area contributed by atoms with E-state index < -0.39 is 0 Å². The first-order valence-corrected chi connectivity index (χ1v) is 9.05. The minimum atomic E-state index is -0.109. The molecule has 1 saturated carbocycles. The highest BCUT2D eigenvalue weighted by Gasteiger charge is 2.39. The Kier molecular flexibility index (Phi) is 5.97. The fraction of sp³-hybridized carbons (Fsp3) is 0.550. The van der Waals surface area contributed by atoms with E-state index in [9.17, 15) is 4.79 Å². The van der Waals surface area contributed by atoms with E-state index >= 15 is 0 Å². The molecule has 1 heterocycles. The van der Waals surface area contributed by atoms with Gasteiger partial charge in [0.25, 0.3) is 0 Å². The molecule has 25 heavy (non-hydrogen) atoms. The van der Waals surface area contributed by atoms with Gasteiger partial charge in [-0.05, 0) is 38.3 Å². The fourth-order valence-electron chi connectivity index (χ4n) is 4.11. The SMILES string of the molecule is COC(=O)C1CCCCC1N(C)C(C1=CC=CCC1)C1=COC=CO1. The maximum absolute atomic E-state index is 12.3. The van der Waals surface area contributed by atoms with E-state index in [4.69, 9.17) is 14.2 Å². The molecule has 0 N–H and O–H groups in total. The zero-order chi connectivity index (χ0) is 17.6. The molecule has 0 aromatic carbocycles. The summed E-state index contributed by atoms with van der Waals surface area (Å²) in [7, 11) is 3.56. The molecule has 0 saturated heterocycles. The van der Waals surface area contributed by atoms with Gasteiger partial charge >= 0.3 is 5.97 Å². The van der Waals surface area contributed by atoms with E-state index in [2.05, 4.69) is 30.2 Å². The van der Waals surface area contributed by atoms with E-state index in [0.29, 0.717) is 0 Å². The monoisotopic (exact) mass is 345 g/mol. The first kappa shape index (κ1) is 17.8. The minimum absolute atomic E-state index is 0.0369. The first-order valence-electron chi connectivity index (χ1n) is 9.05. The molecular formula is C20H27NO4. The lowest BCUT2D eigenvalue weighted by atomic mass is 9.82. The lowest BCUT2D eigenvalue weighted by Gasteiger charge is -2.42. The Bertz CT molecular complexity index is 605. The molecule has 0 spiro atoms. The Morgan fingerprint density at radius 1 is 1.32 bits per heavy atom. The molecule has 3 atom stereocenters. The molecule has 2 aliphatic carbocycles. The first-order chi connectivity index (χ1) is 12.2. The number of hydrogen-bond donors (Lipinski definition) is 0. The number of esters is 1. The van der Waals surface area contributed by atoms with Gasteiger partial charge in [-0.3, -0.25) is 9.69 Å². The lowest BCUT2D eigenvalue weighted by Crippen LogP contribution is -2.50. The number of ether oxygens (including phenoxy) is 3. The van der Waals surface area contributed by atoms with Crippen LogP contribution in [0.4, 0.5) is 0 Å². The van der Waals surface area contributed by atoms with Crippen LogP contribution in [0.3, 0.4) is 0 Å². The summed E-state index contributed by atoms with van der Waals surface area (Å²) in [6, 6.07) is 0.0959. The standard InChI is InChI=1S/C20H27NO4/c1-21(17-11-7-6-10-16(17)20(22)23-2)19(15-8-4-3-5-9-15)18-14-24-12-13-25-18/h3-4,8,12-14,16-17,19H,5-7,9-11H2,1-2H3. The largest absolute Gasteiger partial charge is 0.469 e. The molecular weight excluding hydrogens is 318 g/mol. The van der Waals surface area contributed by atoms with Crippen LogP contribution in [-0.2, 0) is 19.0 Å². The zero-order valence-corrected chi connectivity index (χ0v) is 15.0. The summed E-state index contributed by atoms with van der Waals surface area (Å²) < 4.78 is 16.2. The smallest absolute Gasteiger partial charge is 0.310 e. The van der Waals surface area contributed by atoms with Gasteiger partial charge in [0.05, 0.1) is 19.1 Å². The van der Waals surface area contributed by atoms with Gasteiger partial charge in [-0.15, -0.1) is 0 Å². The molecule has 0 amide bonds. The van der Waals surface area contributed by atoms with Crippen LogP contribution < -0.4 is 0 Å². The van der Waals surface area contributed by atoms with Crippen LogP contribution in [0.25, 0.3) is 0 Å². The number of carbonyl (C=O) groups is 1. The summed E-state index contributed by atoms with van der Waals surface area (Å²) in [6.07, 6.45) is 17.2. The van der Waals surface area contributed by atoms with Gasteiger partial charge in [-0.1, -0.05) is 31.1 Å². The summed E-state index contributed by atoms with van der Waals surface area (Å²) in [6.45, 7) is 0. The van der Waals surface area contributed by atoms with Crippen molar-refractivity contribution in [3.8, 4) is 0 Å². The number of carbonyl (C=O) groups excluding carboxylic acids is 1. The second-order valence-corrected chi connectivity index (χ2v) is 6.80. The summed E-state index contributed by atoms with van der Waals surface area (Å²) in [5, 5.41) is 0. The third-order valence-electron chi connectivity index (χ3n) is 5.35. The number of likely N-dealkylation sites (N-methyl/N-ethyl adjacent to an activating group) is 1. The summed E-state index contributed by atoms with van der Waals surface area (Å²) in [5.74, 6) is 0.565. The average molecular weight is 345 g/mol. The highest BCUT2D eigenvalue weighted by Crippen LogP contribution is 2.35. The van der Waals surface area contributed by atoms with Gasteiger partial charge in [-0.2, -0.15) is 0 Å². The molecule has 0 radical (unpaired) electrons. The van der Waals surface area contributed by atoms with Crippen LogP contribution in [-0.4, -0.2) is 37.1 Å². The van der Waals surface area contributed by atoms with E-state index in [-0.39, 0.29) is 24.0 Å². The Morgan fingerprint density at radius 2 is 2.16 bits per heavy atom. The predicted molar refractivity (Wildman–Crippen MR) is 95.2 cm³/mol. The van der Waals surface area contributed by atoms with Crippen molar-refractivity contribution in [1.82, 2.24) is 4.90 Å². The van der Waals surface area contributed by atoms with Crippen molar-refractivity contribution in [3.63, 3.8) is 0 Å². The van der Waals surface area contributed by atoms with Gasteiger partial charge in [0, 0.05) is 6.04 Å². The van der Waals surface area contributed by atoms with Crippen molar-refractivity contribution in [2.75, 3.05) is 14.2 Å². The lowest BCUT2D eigenvalue weighted by molar-refractivity contribution is -0.149. The summed E-state index contributed by atoms with van der Waals surface area (Å²) >= 11 is 0. The number of allylic oxidation sites excluding steroid dienone is 3. The number of methoxy groups -OCH3 is 1. The Labute approximate surface area is 149 Å². The van der Waals surface area contributed by atoms with Gasteiger partial charge in [-0.25, -0.2) is 0 Å². The molecule has 3 aliphatic rings. The summed E-state index contributed by atoms with van der Waals surface area (Å²) in [4.78, 5) is 14.6. The molecule has 1 fully saturated rings.